The monoisotopic (exact) mass is 204 g/mol. The van der Waals surface area contributed by atoms with Crippen molar-refractivity contribution >= 4 is 5.78 Å². The predicted octanol–water partition coefficient (Wildman–Crippen LogP) is 1.19. The Morgan fingerprint density at radius 1 is 1.40 bits per heavy atom. The van der Waals surface area contributed by atoms with Crippen molar-refractivity contribution in [1.29, 1.82) is 0 Å². The van der Waals surface area contributed by atoms with Crippen LogP contribution in [0, 0.1) is 0 Å². The van der Waals surface area contributed by atoms with Gasteiger partial charge in [0.1, 0.15) is 5.75 Å². The van der Waals surface area contributed by atoms with Crippen LogP contribution in [0.3, 0.4) is 0 Å². The Morgan fingerprint density at radius 3 is 2.80 bits per heavy atom. The van der Waals surface area contributed by atoms with Crippen LogP contribution in [0.1, 0.15) is 12.0 Å². The summed E-state index contributed by atoms with van der Waals surface area (Å²) in [5.74, 6) is 0.185. The van der Waals surface area contributed by atoms with Gasteiger partial charge >= 0.3 is 0 Å². The molecule has 0 spiro atoms. The number of phenols is 1. The minimum Gasteiger partial charge on any atom is -0.508 e. The average molecular weight is 204 g/mol. The highest BCUT2D eigenvalue weighted by molar-refractivity contribution is 5.98. The molecule has 2 N–H and O–H groups in total. The molecule has 0 amide bonds. The van der Waals surface area contributed by atoms with E-state index in [2.05, 4.69) is 0 Å². The summed E-state index contributed by atoms with van der Waals surface area (Å²) in [5.41, 5.74) is 1.51. The molecule has 1 atom stereocenters. The number of allylic oxidation sites excluding steroid dienone is 1. The first-order valence-electron chi connectivity index (χ1n) is 4.85. The van der Waals surface area contributed by atoms with Gasteiger partial charge in [-0.15, -0.1) is 0 Å². The lowest BCUT2D eigenvalue weighted by Gasteiger charge is -2.01. The van der Waals surface area contributed by atoms with Gasteiger partial charge in [-0.05, 0) is 29.3 Å². The third kappa shape index (κ3) is 2.25. The molecule has 0 aliphatic heterocycles. The summed E-state index contributed by atoms with van der Waals surface area (Å²) < 4.78 is 0. The molecule has 0 radical (unpaired) electrons. The molecule has 0 unspecified atom stereocenters. The normalized spacial score (nSPS) is 20.5. The first-order chi connectivity index (χ1) is 7.15. The van der Waals surface area contributed by atoms with E-state index in [4.69, 9.17) is 0 Å². The van der Waals surface area contributed by atoms with E-state index in [-0.39, 0.29) is 18.0 Å². The van der Waals surface area contributed by atoms with Crippen molar-refractivity contribution in [1.82, 2.24) is 0 Å². The molecule has 78 valence electrons. The van der Waals surface area contributed by atoms with Crippen LogP contribution in [0.4, 0.5) is 0 Å². The molecule has 0 aromatic heterocycles. The van der Waals surface area contributed by atoms with Gasteiger partial charge in [-0.25, -0.2) is 0 Å². The van der Waals surface area contributed by atoms with E-state index < -0.39 is 6.10 Å². The Morgan fingerprint density at radius 2 is 2.20 bits per heavy atom. The number of aromatic hydroxyl groups is 1. The smallest absolute Gasteiger partial charge is 0.161 e. The number of hydrogen-bond acceptors (Lipinski definition) is 3. The van der Waals surface area contributed by atoms with Gasteiger partial charge in [0, 0.05) is 12.8 Å². The number of Topliss-reactive ketones (excluding diaryl/α,β-unsaturated/α-hetero) is 1. The lowest BCUT2D eigenvalue weighted by molar-refractivity contribution is -0.115. The van der Waals surface area contributed by atoms with Crippen molar-refractivity contribution in [2.45, 2.75) is 18.9 Å². The molecule has 3 nitrogen and oxygen atoms in total. The van der Waals surface area contributed by atoms with Gasteiger partial charge in [-0.3, -0.25) is 4.79 Å². The van der Waals surface area contributed by atoms with E-state index in [9.17, 15) is 15.0 Å². The maximum atomic E-state index is 11.4. The second-order valence-electron chi connectivity index (χ2n) is 3.73. The van der Waals surface area contributed by atoms with Crippen molar-refractivity contribution in [3.8, 4) is 5.75 Å². The highest BCUT2D eigenvalue weighted by Gasteiger charge is 2.21. The molecule has 3 heteroatoms. The maximum Gasteiger partial charge on any atom is 0.161 e. The zero-order valence-electron chi connectivity index (χ0n) is 8.18. The van der Waals surface area contributed by atoms with Crippen molar-refractivity contribution in [2.75, 3.05) is 0 Å². The number of aliphatic hydroxyl groups is 1. The molecule has 1 aromatic carbocycles. The first-order valence-corrected chi connectivity index (χ1v) is 4.85. The van der Waals surface area contributed by atoms with Crippen LogP contribution >= 0.6 is 0 Å². The lowest BCUT2D eigenvalue weighted by Crippen LogP contribution is -2.02. The van der Waals surface area contributed by atoms with Crippen LogP contribution in [-0.2, 0) is 11.2 Å². The van der Waals surface area contributed by atoms with E-state index in [1.165, 1.54) is 0 Å². The zero-order chi connectivity index (χ0) is 10.8. The summed E-state index contributed by atoms with van der Waals surface area (Å²) in [6.07, 6.45) is 1.62. The van der Waals surface area contributed by atoms with Gasteiger partial charge in [-0.2, -0.15) is 0 Å². The molecule has 0 saturated carbocycles. The standard InChI is InChI=1S/C12H12O3/c13-10-3-1-2-8(5-10)4-9-6-11(14)7-12(9)15/h1-3,5-6,11,13-14H,4,7H2/t11-/m1/s1. The highest BCUT2D eigenvalue weighted by atomic mass is 16.3. The van der Waals surface area contributed by atoms with E-state index in [1.807, 2.05) is 6.07 Å². The van der Waals surface area contributed by atoms with Crippen LogP contribution in [-0.4, -0.2) is 22.1 Å². The first kappa shape index (κ1) is 9.93. The van der Waals surface area contributed by atoms with Crippen LogP contribution in [0.25, 0.3) is 0 Å². The van der Waals surface area contributed by atoms with Gasteiger partial charge < -0.3 is 10.2 Å². The van der Waals surface area contributed by atoms with Gasteiger partial charge in [0.25, 0.3) is 0 Å². The number of aliphatic hydroxyl groups excluding tert-OH is 1. The summed E-state index contributed by atoms with van der Waals surface area (Å²) >= 11 is 0. The molecular weight excluding hydrogens is 192 g/mol. The molecule has 0 heterocycles. The molecule has 0 saturated heterocycles. The van der Waals surface area contributed by atoms with Crippen LogP contribution in [0.15, 0.2) is 35.9 Å². The zero-order valence-corrected chi connectivity index (χ0v) is 8.18. The molecular formula is C12H12O3. The van der Waals surface area contributed by atoms with Crippen molar-refractivity contribution in [3.63, 3.8) is 0 Å². The minimum atomic E-state index is -0.634. The van der Waals surface area contributed by atoms with Gasteiger partial charge in [0.15, 0.2) is 5.78 Å². The summed E-state index contributed by atoms with van der Waals surface area (Å²) in [6, 6.07) is 6.79. The third-order valence-corrected chi connectivity index (χ3v) is 2.45. The fourth-order valence-corrected chi connectivity index (χ4v) is 1.75. The van der Waals surface area contributed by atoms with Gasteiger partial charge in [-0.1, -0.05) is 12.1 Å². The van der Waals surface area contributed by atoms with Crippen molar-refractivity contribution in [2.24, 2.45) is 0 Å². The van der Waals surface area contributed by atoms with E-state index in [0.717, 1.165) is 5.56 Å². The number of carbonyl (C=O) groups excluding carboxylic acids is 1. The Bertz CT molecular complexity index is 421. The largest absolute Gasteiger partial charge is 0.508 e. The molecule has 2 rings (SSSR count). The van der Waals surface area contributed by atoms with Crippen molar-refractivity contribution in [3.05, 3.63) is 41.5 Å². The van der Waals surface area contributed by atoms with E-state index in [0.29, 0.717) is 12.0 Å². The Labute approximate surface area is 87.7 Å². The third-order valence-electron chi connectivity index (χ3n) is 2.45. The minimum absolute atomic E-state index is 0.00848. The topological polar surface area (TPSA) is 57.5 Å². The summed E-state index contributed by atoms with van der Waals surface area (Å²) in [5, 5.41) is 18.5. The molecule has 0 fully saturated rings. The number of rotatable bonds is 2. The Kier molecular flexibility index (Phi) is 2.56. The second kappa shape index (κ2) is 3.87. The van der Waals surface area contributed by atoms with E-state index >= 15 is 0 Å². The highest BCUT2D eigenvalue weighted by Crippen LogP contribution is 2.20. The van der Waals surface area contributed by atoms with Gasteiger partial charge in [0.05, 0.1) is 6.10 Å². The second-order valence-corrected chi connectivity index (χ2v) is 3.73. The summed E-state index contributed by atoms with van der Waals surface area (Å²) in [4.78, 5) is 11.4. The molecule has 1 aliphatic rings. The molecule has 15 heavy (non-hydrogen) atoms. The van der Waals surface area contributed by atoms with Crippen LogP contribution in [0.2, 0.25) is 0 Å². The van der Waals surface area contributed by atoms with E-state index in [1.54, 1.807) is 24.3 Å². The summed E-state index contributed by atoms with van der Waals surface area (Å²) in [6.45, 7) is 0. The molecule has 1 aromatic rings. The number of carbonyl (C=O) groups is 1. The van der Waals surface area contributed by atoms with Gasteiger partial charge in [0.2, 0.25) is 0 Å². The maximum absolute atomic E-state index is 11.4. The number of hydrogen-bond donors (Lipinski definition) is 2. The fraction of sp³-hybridized carbons (Fsp3) is 0.250. The number of benzene rings is 1. The summed E-state index contributed by atoms with van der Waals surface area (Å²) in [7, 11) is 0. The average Bonchev–Trinajstić information content (AvgIpc) is 2.45. The lowest BCUT2D eigenvalue weighted by atomic mass is 10.0. The Hall–Kier alpha value is -1.61. The molecule has 1 aliphatic carbocycles. The van der Waals surface area contributed by atoms with Crippen molar-refractivity contribution < 1.29 is 15.0 Å². The van der Waals surface area contributed by atoms with Crippen LogP contribution in [0.5, 0.6) is 5.75 Å². The quantitative estimate of drug-likeness (QED) is 0.760. The number of ketones is 1. The predicted molar refractivity (Wildman–Crippen MR) is 55.5 cm³/mol. The Balaban J connectivity index is 2.16. The van der Waals surface area contributed by atoms with Crippen LogP contribution < -0.4 is 0 Å². The number of phenolic OH excluding ortho intramolecular Hbond substituents is 1. The SMILES string of the molecule is O=C1C[C@H](O)C=C1Cc1cccc(O)c1. The molecule has 0 bridgehead atoms. The fourth-order valence-electron chi connectivity index (χ4n) is 1.75.